The predicted molar refractivity (Wildman–Crippen MR) is 78.1 cm³/mol. The number of piperidine rings is 1. The molecule has 1 amide bonds. The Morgan fingerprint density at radius 2 is 2.14 bits per heavy atom. The molecule has 0 saturated carbocycles. The van der Waals surface area contributed by atoms with Crippen LogP contribution in [0.3, 0.4) is 0 Å². The molecule has 22 heavy (non-hydrogen) atoms. The van der Waals surface area contributed by atoms with E-state index in [0.717, 1.165) is 31.9 Å². The topological polar surface area (TPSA) is 46.3 Å². The van der Waals surface area contributed by atoms with E-state index in [2.05, 4.69) is 0 Å². The number of halogens is 3. The van der Waals surface area contributed by atoms with Gasteiger partial charge in [-0.05, 0) is 43.2 Å². The van der Waals surface area contributed by atoms with Crippen LogP contribution in [0.15, 0.2) is 24.3 Å². The lowest BCUT2D eigenvalue weighted by molar-refractivity contribution is -0.137. The first-order chi connectivity index (χ1) is 10.4. The largest absolute Gasteiger partial charge is 0.416 e. The van der Waals surface area contributed by atoms with Crippen LogP contribution in [0.4, 0.5) is 13.2 Å². The number of hydrogen-bond donors (Lipinski definition) is 1. The Bertz CT molecular complexity index is 516. The molecule has 3 nitrogen and oxygen atoms in total. The molecule has 1 fully saturated rings. The van der Waals surface area contributed by atoms with Crippen LogP contribution in [0.5, 0.6) is 0 Å². The third kappa shape index (κ3) is 4.47. The molecule has 2 rings (SSSR count). The van der Waals surface area contributed by atoms with Crippen molar-refractivity contribution in [2.45, 2.75) is 31.9 Å². The van der Waals surface area contributed by atoms with Gasteiger partial charge in [0.25, 0.3) is 0 Å². The molecule has 1 atom stereocenters. The fraction of sp³-hybridized carbons (Fsp3) is 0.562. The lowest BCUT2D eigenvalue weighted by atomic mass is 9.91. The lowest BCUT2D eigenvalue weighted by Gasteiger charge is -2.32. The van der Waals surface area contributed by atoms with Gasteiger partial charge in [-0.3, -0.25) is 4.79 Å². The summed E-state index contributed by atoms with van der Waals surface area (Å²) < 4.78 is 38.1. The molecule has 0 bridgehead atoms. The van der Waals surface area contributed by atoms with E-state index >= 15 is 0 Å². The number of amides is 1. The fourth-order valence-corrected chi connectivity index (χ4v) is 2.93. The number of nitrogens with zero attached hydrogens (tertiary/aromatic N) is 1. The van der Waals surface area contributed by atoms with E-state index < -0.39 is 11.7 Å². The summed E-state index contributed by atoms with van der Waals surface area (Å²) in [6.07, 6.45) is -0.980. The fourth-order valence-electron chi connectivity index (χ4n) is 2.93. The summed E-state index contributed by atoms with van der Waals surface area (Å²) >= 11 is 0. The van der Waals surface area contributed by atoms with Gasteiger partial charge in [-0.25, -0.2) is 0 Å². The normalized spacial score (nSPS) is 19.3. The molecule has 0 aromatic heterocycles. The van der Waals surface area contributed by atoms with Crippen molar-refractivity contribution in [2.24, 2.45) is 11.7 Å². The van der Waals surface area contributed by atoms with Crippen molar-refractivity contribution in [3.8, 4) is 0 Å². The average molecular weight is 314 g/mol. The van der Waals surface area contributed by atoms with Crippen molar-refractivity contribution in [1.82, 2.24) is 4.90 Å². The maximum absolute atomic E-state index is 12.7. The molecule has 1 aromatic carbocycles. The predicted octanol–water partition coefficient (Wildman–Crippen LogP) is 2.84. The van der Waals surface area contributed by atoms with Crippen LogP contribution in [-0.2, 0) is 17.4 Å². The molecular formula is C16H21F3N2O. The molecule has 0 aliphatic carbocycles. The summed E-state index contributed by atoms with van der Waals surface area (Å²) in [5, 5.41) is 0. The lowest BCUT2D eigenvalue weighted by Crippen LogP contribution is -2.42. The molecule has 0 radical (unpaired) electrons. The Morgan fingerprint density at radius 1 is 1.36 bits per heavy atom. The van der Waals surface area contributed by atoms with Crippen LogP contribution in [0.2, 0.25) is 0 Å². The van der Waals surface area contributed by atoms with Gasteiger partial charge in [0, 0.05) is 13.1 Å². The van der Waals surface area contributed by atoms with Crippen LogP contribution < -0.4 is 5.73 Å². The van der Waals surface area contributed by atoms with E-state index in [1.165, 1.54) is 12.1 Å². The highest BCUT2D eigenvalue weighted by Crippen LogP contribution is 2.30. The smallest absolute Gasteiger partial charge is 0.341 e. The molecule has 122 valence electrons. The highest BCUT2D eigenvalue weighted by atomic mass is 19.4. The summed E-state index contributed by atoms with van der Waals surface area (Å²) in [5.41, 5.74) is 5.46. The zero-order valence-corrected chi connectivity index (χ0v) is 12.4. The van der Waals surface area contributed by atoms with Crippen molar-refractivity contribution in [2.75, 3.05) is 19.6 Å². The van der Waals surface area contributed by atoms with E-state index in [9.17, 15) is 18.0 Å². The highest BCUT2D eigenvalue weighted by Gasteiger charge is 2.30. The Kier molecular flexibility index (Phi) is 5.45. The van der Waals surface area contributed by atoms with Crippen molar-refractivity contribution >= 4 is 5.91 Å². The number of likely N-dealkylation sites (tertiary alicyclic amines) is 1. The first-order valence-corrected chi connectivity index (χ1v) is 7.54. The van der Waals surface area contributed by atoms with Crippen molar-refractivity contribution < 1.29 is 18.0 Å². The molecule has 1 heterocycles. The Balaban J connectivity index is 1.91. The number of benzene rings is 1. The SMILES string of the molecule is NCC(=O)N1CCCC(CCc2cccc(C(F)(F)F)c2)C1. The van der Waals surface area contributed by atoms with Crippen molar-refractivity contribution in [1.29, 1.82) is 0 Å². The van der Waals surface area contributed by atoms with E-state index in [4.69, 9.17) is 5.73 Å². The Labute approximate surface area is 128 Å². The second-order valence-corrected chi connectivity index (χ2v) is 5.79. The van der Waals surface area contributed by atoms with Crippen LogP contribution in [-0.4, -0.2) is 30.4 Å². The molecule has 0 spiro atoms. The molecule has 1 aliphatic rings. The number of aryl methyl sites for hydroxylation is 1. The van der Waals surface area contributed by atoms with Gasteiger partial charge in [-0.2, -0.15) is 13.2 Å². The second kappa shape index (κ2) is 7.13. The molecule has 1 saturated heterocycles. The maximum Gasteiger partial charge on any atom is 0.416 e. The summed E-state index contributed by atoms with van der Waals surface area (Å²) in [6.45, 7) is 1.41. The molecular weight excluding hydrogens is 293 g/mol. The Morgan fingerprint density at radius 3 is 2.82 bits per heavy atom. The molecule has 6 heteroatoms. The van der Waals surface area contributed by atoms with Gasteiger partial charge < -0.3 is 10.6 Å². The summed E-state index contributed by atoms with van der Waals surface area (Å²) in [6, 6.07) is 5.47. The van der Waals surface area contributed by atoms with Gasteiger partial charge >= 0.3 is 6.18 Å². The monoisotopic (exact) mass is 314 g/mol. The average Bonchev–Trinajstić information content (AvgIpc) is 2.52. The zero-order chi connectivity index (χ0) is 16.2. The number of hydrogen-bond acceptors (Lipinski definition) is 2. The van der Waals surface area contributed by atoms with E-state index in [-0.39, 0.29) is 12.5 Å². The molecule has 2 N–H and O–H groups in total. The van der Waals surface area contributed by atoms with Gasteiger partial charge in [-0.1, -0.05) is 18.2 Å². The van der Waals surface area contributed by atoms with Gasteiger partial charge in [-0.15, -0.1) is 0 Å². The van der Waals surface area contributed by atoms with Crippen LogP contribution in [0.1, 0.15) is 30.4 Å². The third-order valence-corrected chi connectivity index (χ3v) is 4.14. The molecule has 1 aromatic rings. The number of alkyl halides is 3. The van der Waals surface area contributed by atoms with Gasteiger partial charge in [0.1, 0.15) is 0 Å². The first-order valence-electron chi connectivity index (χ1n) is 7.54. The minimum Gasteiger partial charge on any atom is -0.341 e. The van der Waals surface area contributed by atoms with Crippen LogP contribution in [0, 0.1) is 5.92 Å². The summed E-state index contributed by atoms with van der Waals surface area (Å²) in [4.78, 5) is 13.4. The summed E-state index contributed by atoms with van der Waals surface area (Å²) in [5.74, 6) is 0.280. The number of carbonyl (C=O) groups excluding carboxylic acids is 1. The molecule has 1 aliphatic heterocycles. The third-order valence-electron chi connectivity index (χ3n) is 4.14. The van der Waals surface area contributed by atoms with E-state index in [0.29, 0.717) is 24.4 Å². The van der Waals surface area contributed by atoms with Crippen LogP contribution >= 0.6 is 0 Å². The van der Waals surface area contributed by atoms with Gasteiger partial charge in [0.2, 0.25) is 5.91 Å². The number of carbonyl (C=O) groups is 1. The summed E-state index contributed by atoms with van der Waals surface area (Å²) in [7, 11) is 0. The Hall–Kier alpha value is -1.56. The second-order valence-electron chi connectivity index (χ2n) is 5.79. The zero-order valence-electron chi connectivity index (χ0n) is 12.4. The quantitative estimate of drug-likeness (QED) is 0.929. The highest BCUT2D eigenvalue weighted by molar-refractivity contribution is 5.78. The minimum absolute atomic E-state index is 0.0142. The van der Waals surface area contributed by atoms with Crippen LogP contribution in [0.25, 0.3) is 0 Å². The minimum atomic E-state index is -4.30. The first kappa shape index (κ1) is 16.8. The van der Waals surface area contributed by atoms with E-state index in [1.54, 1.807) is 11.0 Å². The molecule has 1 unspecified atom stereocenters. The number of nitrogens with two attached hydrogens (primary N) is 1. The van der Waals surface area contributed by atoms with Gasteiger partial charge in [0.05, 0.1) is 12.1 Å². The standard InChI is InChI=1S/C16H21F3N2O/c17-16(18,19)14-5-1-3-12(9-14)6-7-13-4-2-8-21(11-13)15(22)10-20/h1,3,5,9,13H,2,4,6-8,10-11,20H2. The maximum atomic E-state index is 12.7. The van der Waals surface area contributed by atoms with Crippen molar-refractivity contribution in [3.05, 3.63) is 35.4 Å². The van der Waals surface area contributed by atoms with Gasteiger partial charge in [0.15, 0.2) is 0 Å². The van der Waals surface area contributed by atoms with E-state index in [1.807, 2.05) is 0 Å². The van der Waals surface area contributed by atoms with Crippen molar-refractivity contribution in [3.63, 3.8) is 0 Å². The number of rotatable bonds is 4.